The number of anilines is 2. The number of fused-ring (bicyclic) bond motifs is 7. The van der Waals surface area contributed by atoms with Gasteiger partial charge < -0.3 is 19.9 Å². The molecule has 1 N–H and O–H groups in total. The molecule has 0 aromatic heterocycles. The van der Waals surface area contributed by atoms with E-state index in [1.165, 1.54) is 5.57 Å². The standard InChI is InChI=1S/C43H50ClN5O4/c1-27(50)33-11-12-34-31-10-8-28-24-30(16-19-43(28,26-45)35(31)17-18-42(33,34)2)53-40(52)15-14-39(51)49-37-7-5-4-6-32(37)41(48-22-20-47(3)21-23-48)46-36-25-29(44)9-13-38(36)49/h4-9,13,25-26,30-31,33-35,45H,1-2,10-12,14-24H2,3H3/q+2. The van der Waals surface area contributed by atoms with Crippen LogP contribution in [-0.2, 0) is 19.1 Å². The van der Waals surface area contributed by atoms with Crippen LogP contribution in [0.5, 0.6) is 0 Å². The number of Topliss-reactive ketones (excluding diaryl/α,β-unsaturated/α-hetero) is 1. The molecule has 1 amide bonds. The minimum absolute atomic E-state index is 0.0202. The molecule has 276 valence electrons. The maximum atomic E-state index is 14.2. The Morgan fingerprint density at radius 2 is 1.79 bits per heavy atom. The monoisotopic (exact) mass is 735 g/mol. The number of carbonyl (C=O) groups is 3. The molecule has 2 aliphatic heterocycles. The van der Waals surface area contributed by atoms with Crippen molar-refractivity contribution in [3.05, 3.63) is 78.5 Å². The summed E-state index contributed by atoms with van der Waals surface area (Å²) in [7, 11) is 2.12. The highest BCUT2D eigenvalue weighted by Crippen LogP contribution is 2.66. The van der Waals surface area contributed by atoms with Crippen molar-refractivity contribution in [1.29, 1.82) is 5.41 Å². The number of piperazine rings is 1. The van der Waals surface area contributed by atoms with E-state index in [2.05, 4.69) is 36.8 Å². The summed E-state index contributed by atoms with van der Waals surface area (Å²) >= 11 is 6.47. The number of benzene rings is 2. The van der Waals surface area contributed by atoms with Crippen molar-refractivity contribution in [3.8, 4) is 0 Å². The molecule has 7 unspecified atom stereocenters. The quantitative estimate of drug-likeness (QED) is 0.141. The van der Waals surface area contributed by atoms with E-state index in [9.17, 15) is 14.4 Å². The highest BCUT2D eigenvalue weighted by molar-refractivity contribution is 6.31. The molecule has 2 heterocycles. The van der Waals surface area contributed by atoms with Crippen molar-refractivity contribution in [2.24, 2.45) is 39.5 Å². The third-order valence-electron chi connectivity index (χ3n) is 13.7. The van der Waals surface area contributed by atoms with Crippen LogP contribution in [0.4, 0.5) is 17.1 Å². The molecule has 0 bridgehead atoms. The average molecular weight is 736 g/mol. The van der Waals surface area contributed by atoms with E-state index in [1.54, 1.807) is 23.2 Å². The fraction of sp³-hybridized carbons (Fsp3) is 0.512. The van der Waals surface area contributed by atoms with E-state index < -0.39 is 0 Å². The van der Waals surface area contributed by atoms with E-state index in [0.29, 0.717) is 47.0 Å². The predicted octanol–water partition coefficient (Wildman–Crippen LogP) is 7.76. The molecule has 0 spiro atoms. The summed E-state index contributed by atoms with van der Waals surface area (Å²) < 4.78 is 6.08. The Labute approximate surface area is 318 Å². The predicted molar refractivity (Wildman–Crippen MR) is 208 cm³/mol. The van der Waals surface area contributed by atoms with Gasteiger partial charge in [-0.15, -0.1) is 0 Å². The number of para-hydroxylation sites is 1. The molecule has 7 atom stereocenters. The number of nitrogens with zero attached hydrogens (tertiary/aromatic N) is 4. The summed E-state index contributed by atoms with van der Waals surface area (Å²) in [5.74, 6) is 1.27. The van der Waals surface area contributed by atoms with Crippen molar-refractivity contribution in [1.82, 2.24) is 9.80 Å². The van der Waals surface area contributed by atoms with Crippen LogP contribution in [0.15, 0.2) is 59.1 Å². The van der Waals surface area contributed by atoms with Crippen LogP contribution < -0.4 is 4.90 Å². The maximum absolute atomic E-state index is 14.2. The molecule has 0 radical (unpaired) electrons. The lowest BCUT2D eigenvalue weighted by molar-refractivity contribution is -0.151. The van der Waals surface area contributed by atoms with Gasteiger partial charge in [0.15, 0.2) is 0 Å². The molecular formula is C43H50ClN5O4+2. The van der Waals surface area contributed by atoms with Gasteiger partial charge in [0.05, 0.1) is 30.4 Å². The van der Waals surface area contributed by atoms with Gasteiger partial charge in [0.1, 0.15) is 30.2 Å². The highest BCUT2D eigenvalue weighted by atomic mass is 35.5. The number of halogens is 1. The van der Waals surface area contributed by atoms with Crippen LogP contribution >= 0.6 is 11.6 Å². The fourth-order valence-corrected chi connectivity index (χ4v) is 11.2. The fourth-order valence-electron chi connectivity index (χ4n) is 11.0. The van der Waals surface area contributed by atoms with E-state index in [1.807, 2.05) is 30.3 Å². The second-order valence-corrected chi connectivity index (χ2v) is 16.8. The number of esters is 1. The van der Waals surface area contributed by atoms with Gasteiger partial charge in [0.2, 0.25) is 5.91 Å². The van der Waals surface area contributed by atoms with Crippen LogP contribution in [0, 0.1) is 53.8 Å². The number of amidine groups is 1. The Hall–Kier alpha value is -4.08. The Bertz CT molecular complexity index is 1880. The largest absolute Gasteiger partial charge is 0.462 e. The Balaban J connectivity index is 0.956. The Kier molecular flexibility index (Phi) is 9.46. The first-order valence-corrected chi connectivity index (χ1v) is 19.8. The number of ketones is 1. The lowest BCUT2D eigenvalue weighted by Gasteiger charge is -2.55. The first-order chi connectivity index (χ1) is 25.5. The van der Waals surface area contributed by atoms with Crippen LogP contribution in [0.3, 0.4) is 0 Å². The van der Waals surface area contributed by atoms with Crippen LogP contribution in [0.25, 0.3) is 0 Å². The number of hydrogen-bond acceptors (Lipinski definition) is 8. The molecule has 10 heteroatoms. The molecule has 4 aliphatic carbocycles. The zero-order valence-electron chi connectivity index (χ0n) is 30.7. The Morgan fingerprint density at radius 1 is 1.00 bits per heavy atom. The van der Waals surface area contributed by atoms with Crippen molar-refractivity contribution in [3.63, 3.8) is 0 Å². The molecule has 6 aliphatic rings. The Morgan fingerprint density at radius 3 is 2.57 bits per heavy atom. The maximum Gasteiger partial charge on any atom is 0.311 e. The first kappa shape index (κ1) is 35.9. The van der Waals surface area contributed by atoms with E-state index in [-0.39, 0.29) is 53.4 Å². The van der Waals surface area contributed by atoms with Crippen LogP contribution in [0.2, 0.25) is 5.02 Å². The number of likely N-dealkylation sites (N-methyl/N-ethyl adjacent to an activating group) is 1. The van der Waals surface area contributed by atoms with Crippen LogP contribution in [0.1, 0.15) is 69.8 Å². The number of ether oxygens (including phenoxy) is 1. The van der Waals surface area contributed by atoms with Gasteiger partial charge in [-0.3, -0.25) is 14.5 Å². The van der Waals surface area contributed by atoms with Crippen molar-refractivity contribution >= 4 is 58.4 Å². The smallest absolute Gasteiger partial charge is 0.311 e. The van der Waals surface area contributed by atoms with Gasteiger partial charge in [-0.25, -0.2) is 9.79 Å². The average Bonchev–Trinajstić information content (AvgIpc) is 3.45. The van der Waals surface area contributed by atoms with E-state index in [0.717, 1.165) is 81.8 Å². The lowest BCUT2D eigenvalue weighted by Crippen LogP contribution is -2.52. The van der Waals surface area contributed by atoms with Crippen molar-refractivity contribution in [2.75, 3.05) is 38.1 Å². The van der Waals surface area contributed by atoms with Crippen molar-refractivity contribution < 1.29 is 19.1 Å². The number of hydrogen-bond donors (Lipinski definition) is 1. The minimum Gasteiger partial charge on any atom is -0.462 e. The number of allylic oxidation sites excluding steroid dienone is 1. The summed E-state index contributed by atoms with van der Waals surface area (Å²) in [5, 5.41) is 9.23. The zero-order valence-corrected chi connectivity index (χ0v) is 31.5. The second kappa shape index (κ2) is 14.0. The third-order valence-corrected chi connectivity index (χ3v) is 13.9. The van der Waals surface area contributed by atoms with E-state index >= 15 is 0 Å². The van der Waals surface area contributed by atoms with Gasteiger partial charge >= 0.3 is 11.8 Å². The molecule has 53 heavy (non-hydrogen) atoms. The van der Waals surface area contributed by atoms with Gasteiger partial charge in [0, 0.05) is 67.2 Å². The van der Waals surface area contributed by atoms with Gasteiger partial charge in [-0.05, 0) is 94.2 Å². The van der Waals surface area contributed by atoms with Gasteiger partial charge in [0.25, 0.3) is 0 Å². The summed E-state index contributed by atoms with van der Waals surface area (Å²) in [4.78, 5) is 51.4. The van der Waals surface area contributed by atoms with Crippen LogP contribution in [-0.4, -0.2) is 78.8 Å². The second-order valence-electron chi connectivity index (χ2n) is 16.4. The molecule has 2 aromatic carbocycles. The first-order valence-electron chi connectivity index (χ1n) is 19.4. The summed E-state index contributed by atoms with van der Waals surface area (Å²) in [6, 6.07) is 13.2. The summed E-state index contributed by atoms with van der Waals surface area (Å²) in [5.41, 5.74) is 3.46. The molecule has 8 rings (SSSR count). The number of aliphatic imine (C=N–C) groups is 1. The highest BCUT2D eigenvalue weighted by Gasteiger charge is 2.65. The minimum atomic E-state index is -0.386. The van der Waals surface area contributed by atoms with Gasteiger partial charge in [-0.2, -0.15) is 0 Å². The molecule has 3 saturated carbocycles. The third kappa shape index (κ3) is 6.18. The van der Waals surface area contributed by atoms with E-state index in [4.69, 9.17) is 26.7 Å². The number of amides is 1. The van der Waals surface area contributed by atoms with Crippen molar-refractivity contribution in [2.45, 2.75) is 70.3 Å². The molecule has 1 saturated heterocycles. The summed E-state index contributed by atoms with van der Waals surface area (Å²) in [6.07, 6.45) is 10.3. The SMILES string of the molecule is [CH2+]C(=O)C1CCC2C3CC=C4CC(OC(=O)CCC(=O)N5c6ccc(Cl)cc6N=C(N6CCN(C)CC6)c6ccccc65)CCC4(C=N)C3CCC12[CH2+]. The molecule has 4 fully saturated rings. The molecular weight excluding hydrogens is 686 g/mol. The number of carbonyl (C=O) groups excluding carboxylic acids is 3. The number of nitrogens with one attached hydrogen (secondary N) is 1. The summed E-state index contributed by atoms with van der Waals surface area (Å²) in [6.45, 7) is 11.9. The normalized spacial score (nSPS) is 32.1. The zero-order chi connectivity index (χ0) is 37.1. The molecule has 9 nitrogen and oxygen atoms in total. The molecule has 2 aromatic rings. The van der Waals surface area contributed by atoms with Gasteiger partial charge in [-0.1, -0.05) is 35.4 Å². The lowest BCUT2D eigenvalue weighted by atomic mass is 9.47. The topological polar surface area (TPSA) is 106 Å². The number of rotatable bonds is 6.